The van der Waals surface area contributed by atoms with Crippen molar-refractivity contribution in [3.63, 3.8) is 0 Å². The van der Waals surface area contributed by atoms with E-state index in [0.29, 0.717) is 24.8 Å². The van der Waals surface area contributed by atoms with E-state index in [-0.39, 0.29) is 29.9 Å². The van der Waals surface area contributed by atoms with Gasteiger partial charge in [-0.15, -0.1) is 10.2 Å². The van der Waals surface area contributed by atoms with Gasteiger partial charge in [0.25, 0.3) is 0 Å². The van der Waals surface area contributed by atoms with Crippen LogP contribution in [0.25, 0.3) is 5.65 Å². The first-order valence-corrected chi connectivity index (χ1v) is 10.8. The predicted octanol–water partition coefficient (Wildman–Crippen LogP) is 4.71. The Bertz CT molecular complexity index is 1050. The lowest BCUT2D eigenvalue weighted by molar-refractivity contribution is -0.137. The number of aromatic nitrogens is 3. The van der Waals surface area contributed by atoms with Crippen LogP contribution >= 0.6 is 0 Å². The molecule has 0 bridgehead atoms. The zero-order chi connectivity index (χ0) is 21.4. The first-order chi connectivity index (χ1) is 15.0. The molecule has 1 saturated heterocycles. The number of hydrogen-bond acceptors (Lipinski definition) is 4. The molecule has 0 radical (unpaired) electrons. The van der Waals surface area contributed by atoms with Crippen molar-refractivity contribution in [2.75, 3.05) is 6.61 Å². The molecule has 5 nitrogen and oxygen atoms in total. The summed E-state index contributed by atoms with van der Waals surface area (Å²) in [6, 6.07) is 11.6. The third-order valence-electron chi connectivity index (χ3n) is 6.22. The maximum Gasteiger partial charge on any atom is 0.420 e. The van der Waals surface area contributed by atoms with Gasteiger partial charge in [0.2, 0.25) is 0 Å². The molecule has 1 aliphatic carbocycles. The van der Waals surface area contributed by atoms with Gasteiger partial charge in [-0.1, -0.05) is 30.3 Å². The molecule has 2 atom stereocenters. The van der Waals surface area contributed by atoms with Gasteiger partial charge in [-0.3, -0.25) is 4.40 Å². The normalized spacial score (nSPS) is 22.2. The number of hydrogen-bond donors (Lipinski definition) is 1. The van der Waals surface area contributed by atoms with Crippen LogP contribution in [-0.2, 0) is 23.9 Å². The summed E-state index contributed by atoms with van der Waals surface area (Å²) in [4.78, 5) is 0. The summed E-state index contributed by atoms with van der Waals surface area (Å²) in [5, 5.41) is 11.3. The molecule has 1 aromatic carbocycles. The van der Waals surface area contributed by atoms with Crippen LogP contribution in [-0.4, -0.2) is 27.2 Å². The zero-order valence-corrected chi connectivity index (χ0v) is 17.1. The van der Waals surface area contributed by atoms with Crippen molar-refractivity contribution in [2.45, 2.75) is 57.0 Å². The van der Waals surface area contributed by atoms with Crippen molar-refractivity contribution < 1.29 is 17.9 Å². The average molecular weight is 430 g/mol. The number of nitrogens with one attached hydrogen (secondary N) is 1. The lowest BCUT2D eigenvalue weighted by Gasteiger charge is -2.31. The van der Waals surface area contributed by atoms with Crippen LogP contribution in [0.2, 0.25) is 0 Å². The topological polar surface area (TPSA) is 51.5 Å². The fourth-order valence-electron chi connectivity index (χ4n) is 4.35. The fraction of sp³-hybridized carbons (Fsp3) is 0.478. The highest BCUT2D eigenvalue weighted by molar-refractivity contribution is 5.53. The minimum Gasteiger partial charge on any atom is -0.373 e. The largest absolute Gasteiger partial charge is 0.420 e. The van der Waals surface area contributed by atoms with Crippen LogP contribution < -0.4 is 5.32 Å². The monoisotopic (exact) mass is 430 g/mol. The quantitative estimate of drug-likeness (QED) is 0.615. The van der Waals surface area contributed by atoms with Crippen LogP contribution in [0.5, 0.6) is 0 Å². The van der Waals surface area contributed by atoms with Gasteiger partial charge in [0, 0.05) is 31.8 Å². The molecule has 3 aromatic rings. The number of fused-ring (bicyclic) bond motifs is 1. The minimum absolute atomic E-state index is 0.0431. The molecule has 2 aromatic heterocycles. The molecular weight excluding hydrogens is 405 g/mol. The highest BCUT2D eigenvalue weighted by atomic mass is 19.4. The Balaban J connectivity index is 1.35. The number of halogens is 3. The van der Waals surface area contributed by atoms with E-state index in [1.165, 1.54) is 4.40 Å². The molecular formula is C23H25F3N4O. The van der Waals surface area contributed by atoms with Gasteiger partial charge in [0.1, 0.15) is 11.4 Å². The summed E-state index contributed by atoms with van der Waals surface area (Å²) in [5.74, 6) is 1.13. The van der Waals surface area contributed by atoms with Crippen molar-refractivity contribution in [1.82, 2.24) is 19.9 Å². The van der Waals surface area contributed by atoms with E-state index in [1.807, 2.05) is 30.3 Å². The van der Waals surface area contributed by atoms with Gasteiger partial charge in [0.05, 0.1) is 6.10 Å². The summed E-state index contributed by atoms with van der Waals surface area (Å²) in [7, 11) is 0. The number of benzene rings is 1. The highest BCUT2D eigenvalue weighted by Gasteiger charge is 2.38. The van der Waals surface area contributed by atoms with Crippen molar-refractivity contribution in [3.05, 3.63) is 65.1 Å². The van der Waals surface area contributed by atoms with E-state index >= 15 is 0 Å². The van der Waals surface area contributed by atoms with Crippen LogP contribution in [0.4, 0.5) is 13.2 Å². The molecule has 1 N–H and O–H groups in total. The Morgan fingerprint density at radius 3 is 2.61 bits per heavy atom. The Kier molecular flexibility index (Phi) is 5.44. The van der Waals surface area contributed by atoms with Crippen molar-refractivity contribution in [3.8, 4) is 0 Å². The highest BCUT2D eigenvalue weighted by Crippen LogP contribution is 2.37. The second-order valence-electron chi connectivity index (χ2n) is 8.54. The Morgan fingerprint density at radius 2 is 1.87 bits per heavy atom. The third kappa shape index (κ3) is 4.45. The second kappa shape index (κ2) is 8.24. The lowest BCUT2D eigenvalue weighted by Crippen LogP contribution is -2.36. The molecule has 5 rings (SSSR count). The van der Waals surface area contributed by atoms with E-state index in [1.54, 1.807) is 12.3 Å². The predicted molar refractivity (Wildman–Crippen MR) is 109 cm³/mol. The van der Waals surface area contributed by atoms with Gasteiger partial charge in [-0.05, 0) is 48.8 Å². The van der Waals surface area contributed by atoms with E-state index < -0.39 is 11.7 Å². The number of rotatable bonds is 6. The lowest BCUT2D eigenvalue weighted by atomic mass is 9.97. The SMILES string of the molecule is FC(F)(F)c1c(CNC2CCO[C@@H](c3ccccc3)C2)ccn2c(CC3CC3)nnc12. The molecule has 0 amide bonds. The number of alkyl halides is 3. The Morgan fingerprint density at radius 1 is 1.06 bits per heavy atom. The molecule has 164 valence electrons. The van der Waals surface area contributed by atoms with Crippen molar-refractivity contribution in [2.24, 2.45) is 5.92 Å². The molecule has 8 heteroatoms. The molecule has 0 spiro atoms. The smallest absolute Gasteiger partial charge is 0.373 e. The summed E-state index contributed by atoms with van der Waals surface area (Å²) in [6.07, 6.45) is 1.53. The van der Waals surface area contributed by atoms with Crippen LogP contribution in [0.15, 0.2) is 42.6 Å². The fourth-order valence-corrected chi connectivity index (χ4v) is 4.35. The number of pyridine rings is 1. The Hall–Kier alpha value is -2.45. The summed E-state index contributed by atoms with van der Waals surface area (Å²) in [5.41, 5.74) is 0.506. The van der Waals surface area contributed by atoms with Crippen molar-refractivity contribution in [1.29, 1.82) is 0 Å². The van der Waals surface area contributed by atoms with Gasteiger partial charge in [-0.25, -0.2) is 0 Å². The molecule has 1 aliphatic heterocycles. The summed E-state index contributed by atoms with van der Waals surface area (Å²) >= 11 is 0. The van der Waals surface area contributed by atoms with E-state index in [4.69, 9.17) is 4.74 Å². The molecule has 31 heavy (non-hydrogen) atoms. The van der Waals surface area contributed by atoms with Crippen LogP contribution in [0.3, 0.4) is 0 Å². The van der Waals surface area contributed by atoms with Gasteiger partial charge >= 0.3 is 6.18 Å². The van der Waals surface area contributed by atoms with E-state index in [9.17, 15) is 13.2 Å². The zero-order valence-electron chi connectivity index (χ0n) is 17.1. The standard InChI is InChI=1S/C23H25F3N4O/c24-23(25,26)21-17(8-10-30-20(12-15-6-7-15)28-29-22(21)30)14-27-18-9-11-31-19(13-18)16-4-2-1-3-5-16/h1-5,8,10,15,18-19,27H,6-7,9,11-14H2/t18?,19-/m1/s1. The van der Waals surface area contributed by atoms with Gasteiger partial charge in [0.15, 0.2) is 5.65 Å². The molecule has 2 aliphatic rings. The minimum atomic E-state index is -4.49. The summed E-state index contributed by atoms with van der Waals surface area (Å²) in [6.45, 7) is 0.708. The third-order valence-corrected chi connectivity index (χ3v) is 6.22. The van der Waals surface area contributed by atoms with E-state index in [0.717, 1.165) is 31.2 Å². The maximum atomic E-state index is 14.0. The first kappa shape index (κ1) is 20.5. The molecule has 2 fully saturated rings. The van der Waals surface area contributed by atoms with Crippen molar-refractivity contribution >= 4 is 5.65 Å². The van der Waals surface area contributed by atoms with Gasteiger partial charge < -0.3 is 10.1 Å². The number of nitrogens with zero attached hydrogens (tertiary/aromatic N) is 3. The van der Waals surface area contributed by atoms with Gasteiger partial charge in [-0.2, -0.15) is 13.2 Å². The summed E-state index contributed by atoms with van der Waals surface area (Å²) < 4.78 is 49.3. The average Bonchev–Trinajstić information content (AvgIpc) is 3.50. The molecule has 1 unspecified atom stereocenters. The molecule has 3 heterocycles. The number of ether oxygens (including phenoxy) is 1. The maximum absolute atomic E-state index is 14.0. The first-order valence-electron chi connectivity index (χ1n) is 10.8. The van der Waals surface area contributed by atoms with Crippen LogP contribution in [0.1, 0.15) is 54.3 Å². The van der Waals surface area contributed by atoms with Crippen LogP contribution in [0, 0.1) is 5.92 Å². The second-order valence-corrected chi connectivity index (χ2v) is 8.54. The van der Waals surface area contributed by atoms with E-state index in [2.05, 4.69) is 15.5 Å². The Labute approximate surface area is 178 Å². The molecule has 1 saturated carbocycles.